The van der Waals surface area contributed by atoms with Crippen molar-refractivity contribution in [1.29, 1.82) is 0 Å². The number of piperidine rings is 1. The van der Waals surface area contributed by atoms with Gasteiger partial charge in [0, 0.05) is 20.2 Å². The second-order valence-electron chi connectivity index (χ2n) is 4.05. The molecule has 0 radical (unpaired) electrons. The molecule has 100 valence electrons. The number of aromatic nitrogens is 2. The summed E-state index contributed by atoms with van der Waals surface area (Å²) in [4.78, 5) is 7.45. The van der Waals surface area contributed by atoms with Gasteiger partial charge in [0.2, 0.25) is 15.3 Å². The zero-order valence-electron chi connectivity index (χ0n) is 9.91. The van der Waals surface area contributed by atoms with Gasteiger partial charge >= 0.3 is 0 Å². The molecule has 1 aromatic rings. The maximum absolute atomic E-state index is 12.3. The van der Waals surface area contributed by atoms with Crippen LogP contribution in [0.1, 0.15) is 12.8 Å². The molecule has 0 bridgehead atoms. The van der Waals surface area contributed by atoms with Crippen LogP contribution in [0.3, 0.4) is 0 Å². The number of hydrogen-bond donors (Lipinski definition) is 0. The highest BCUT2D eigenvalue weighted by Crippen LogP contribution is 2.21. The molecule has 1 aromatic heterocycles. The maximum Gasteiger partial charge on any atom is 0.246 e. The Labute approximate surface area is 111 Å². The van der Waals surface area contributed by atoms with E-state index >= 15 is 0 Å². The number of rotatable bonds is 3. The standard InChI is InChI=1S/C10H14ClN3O3S/c1-17-8-3-2-4-14(7-8)18(15,16)9-5-12-10(11)13-6-9/h5-6,8H,2-4,7H2,1H3. The van der Waals surface area contributed by atoms with Crippen LogP contribution in [0.2, 0.25) is 5.28 Å². The van der Waals surface area contributed by atoms with Crippen LogP contribution in [0.4, 0.5) is 0 Å². The Morgan fingerprint density at radius 3 is 2.72 bits per heavy atom. The number of ether oxygens (including phenoxy) is 1. The van der Waals surface area contributed by atoms with Crippen molar-refractivity contribution in [3.05, 3.63) is 17.7 Å². The van der Waals surface area contributed by atoms with Gasteiger partial charge in [-0.25, -0.2) is 18.4 Å². The van der Waals surface area contributed by atoms with Gasteiger partial charge < -0.3 is 4.74 Å². The summed E-state index contributed by atoms with van der Waals surface area (Å²) >= 11 is 5.54. The molecule has 0 amide bonds. The van der Waals surface area contributed by atoms with Crippen molar-refractivity contribution >= 4 is 21.6 Å². The lowest BCUT2D eigenvalue weighted by Gasteiger charge is -2.30. The van der Waals surface area contributed by atoms with Gasteiger partial charge in [-0.05, 0) is 24.4 Å². The van der Waals surface area contributed by atoms with E-state index in [9.17, 15) is 8.42 Å². The van der Waals surface area contributed by atoms with E-state index in [2.05, 4.69) is 9.97 Å². The maximum atomic E-state index is 12.3. The molecular formula is C10H14ClN3O3S. The summed E-state index contributed by atoms with van der Waals surface area (Å²) in [7, 11) is -1.96. The Balaban J connectivity index is 2.22. The molecule has 0 saturated carbocycles. The molecule has 0 N–H and O–H groups in total. The van der Waals surface area contributed by atoms with Gasteiger partial charge in [0.15, 0.2) is 0 Å². The van der Waals surface area contributed by atoms with Crippen molar-refractivity contribution in [2.24, 2.45) is 0 Å². The van der Waals surface area contributed by atoms with E-state index in [1.54, 1.807) is 7.11 Å². The summed E-state index contributed by atoms with van der Waals surface area (Å²) in [6, 6.07) is 0. The van der Waals surface area contributed by atoms with Gasteiger partial charge in [0.05, 0.1) is 18.5 Å². The molecule has 8 heteroatoms. The fourth-order valence-electron chi connectivity index (χ4n) is 1.90. The summed E-state index contributed by atoms with van der Waals surface area (Å²) in [5.74, 6) is 0. The number of nitrogens with zero attached hydrogens (tertiary/aromatic N) is 3. The first-order valence-corrected chi connectivity index (χ1v) is 7.36. The van der Waals surface area contributed by atoms with Crippen molar-refractivity contribution in [3.8, 4) is 0 Å². The van der Waals surface area contributed by atoms with E-state index in [0.29, 0.717) is 13.1 Å². The molecule has 1 saturated heterocycles. The summed E-state index contributed by atoms with van der Waals surface area (Å²) < 4.78 is 31.2. The Hall–Kier alpha value is -0.760. The first-order valence-electron chi connectivity index (χ1n) is 5.54. The molecule has 0 aromatic carbocycles. The molecule has 6 nitrogen and oxygen atoms in total. The largest absolute Gasteiger partial charge is 0.380 e. The molecular weight excluding hydrogens is 278 g/mol. The normalized spacial score (nSPS) is 22.0. The fraction of sp³-hybridized carbons (Fsp3) is 0.600. The van der Waals surface area contributed by atoms with Crippen molar-refractivity contribution in [3.63, 3.8) is 0 Å². The molecule has 1 aliphatic heterocycles. The van der Waals surface area contributed by atoms with E-state index in [1.165, 1.54) is 16.7 Å². The minimum absolute atomic E-state index is 0.0300. The SMILES string of the molecule is COC1CCCN(S(=O)(=O)c2cnc(Cl)nc2)C1. The van der Waals surface area contributed by atoms with Crippen molar-refractivity contribution in [1.82, 2.24) is 14.3 Å². The smallest absolute Gasteiger partial charge is 0.246 e. The van der Waals surface area contributed by atoms with Crippen LogP contribution in [-0.4, -0.2) is 49.0 Å². The molecule has 2 heterocycles. The monoisotopic (exact) mass is 291 g/mol. The topological polar surface area (TPSA) is 72.4 Å². The van der Waals surface area contributed by atoms with E-state index in [4.69, 9.17) is 16.3 Å². The number of halogens is 1. The van der Waals surface area contributed by atoms with Crippen LogP contribution in [-0.2, 0) is 14.8 Å². The van der Waals surface area contributed by atoms with Gasteiger partial charge in [-0.3, -0.25) is 0 Å². The lowest BCUT2D eigenvalue weighted by atomic mass is 10.1. The molecule has 1 unspecified atom stereocenters. The first kappa shape index (κ1) is 13.7. The van der Waals surface area contributed by atoms with Crippen LogP contribution < -0.4 is 0 Å². The second kappa shape index (κ2) is 5.48. The zero-order chi connectivity index (χ0) is 13.2. The molecule has 1 atom stereocenters. The predicted molar refractivity (Wildman–Crippen MR) is 65.8 cm³/mol. The minimum Gasteiger partial charge on any atom is -0.380 e. The third-order valence-electron chi connectivity index (χ3n) is 2.91. The quantitative estimate of drug-likeness (QED) is 0.775. The van der Waals surface area contributed by atoms with Gasteiger partial charge in [0.25, 0.3) is 0 Å². The van der Waals surface area contributed by atoms with Crippen molar-refractivity contribution in [2.45, 2.75) is 23.8 Å². The average Bonchev–Trinajstić information content (AvgIpc) is 2.39. The molecule has 18 heavy (non-hydrogen) atoms. The molecule has 0 spiro atoms. The van der Waals surface area contributed by atoms with Crippen molar-refractivity contribution < 1.29 is 13.2 Å². The van der Waals surface area contributed by atoms with Crippen LogP contribution in [0, 0.1) is 0 Å². The average molecular weight is 292 g/mol. The highest BCUT2D eigenvalue weighted by atomic mass is 35.5. The first-order chi connectivity index (χ1) is 8.54. The van der Waals surface area contributed by atoms with Crippen LogP contribution >= 0.6 is 11.6 Å². The van der Waals surface area contributed by atoms with Crippen LogP contribution in [0.5, 0.6) is 0 Å². The Morgan fingerprint density at radius 1 is 1.44 bits per heavy atom. The number of methoxy groups -OCH3 is 1. The van der Waals surface area contributed by atoms with Gasteiger partial charge in [-0.1, -0.05) is 0 Å². The molecule has 1 fully saturated rings. The molecule has 2 rings (SSSR count). The zero-order valence-corrected chi connectivity index (χ0v) is 11.5. The summed E-state index contributed by atoms with van der Waals surface area (Å²) in [5, 5.41) is 0.0300. The highest BCUT2D eigenvalue weighted by molar-refractivity contribution is 7.89. The summed E-state index contributed by atoms with van der Waals surface area (Å²) in [6.45, 7) is 0.853. The Morgan fingerprint density at radius 2 is 2.11 bits per heavy atom. The Bertz CT molecular complexity index is 506. The number of hydrogen-bond acceptors (Lipinski definition) is 5. The van der Waals surface area contributed by atoms with E-state index in [-0.39, 0.29) is 16.3 Å². The summed E-state index contributed by atoms with van der Waals surface area (Å²) in [6.07, 6.45) is 4.05. The lowest BCUT2D eigenvalue weighted by Crippen LogP contribution is -2.42. The second-order valence-corrected chi connectivity index (χ2v) is 6.33. The molecule has 1 aliphatic rings. The van der Waals surface area contributed by atoms with Gasteiger partial charge in [0.1, 0.15) is 4.90 Å². The van der Waals surface area contributed by atoms with E-state index in [0.717, 1.165) is 12.8 Å². The van der Waals surface area contributed by atoms with Crippen LogP contribution in [0.25, 0.3) is 0 Å². The van der Waals surface area contributed by atoms with Gasteiger partial charge in [-0.15, -0.1) is 0 Å². The predicted octanol–water partition coefficient (Wildman–Crippen LogP) is 0.930. The van der Waals surface area contributed by atoms with E-state index < -0.39 is 10.0 Å². The third-order valence-corrected chi connectivity index (χ3v) is 4.92. The van der Waals surface area contributed by atoms with Crippen LogP contribution in [0.15, 0.2) is 17.3 Å². The van der Waals surface area contributed by atoms with Crippen molar-refractivity contribution in [2.75, 3.05) is 20.2 Å². The third kappa shape index (κ3) is 2.80. The summed E-state index contributed by atoms with van der Waals surface area (Å²) in [5.41, 5.74) is 0. The molecule has 0 aliphatic carbocycles. The number of sulfonamides is 1. The highest BCUT2D eigenvalue weighted by Gasteiger charge is 2.30. The fourth-order valence-corrected chi connectivity index (χ4v) is 3.40. The van der Waals surface area contributed by atoms with Gasteiger partial charge in [-0.2, -0.15) is 4.31 Å². The minimum atomic E-state index is -3.55. The Kier molecular flexibility index (Phi) is 4.16. The lowest BCUT2D eigenvalue weighted by molar-refractivity contribution is 0.0571. The van der Waals surface area contributed by atoms with E-state index in [1.807, 2.05) is 0 Å².